The molecule has 0 amide bonds. The van der Waals surface area contributed by atoms with Gasteiger partial charge in [0.15, 0.2) is 11.6 Å². The van der Waals surface area contributed by atoms with Crippen molar-refractivity contribution in [1.82, 2.24) is 5.16 Å². The molecule has 0 fully saturated rings. The highest BCUT2D eigenvalue weighted by Crippen LogP contribution is 2.43. The fraction of sp³-hybridized carbons (Fsp3) is 0. The minimum Gasteiger partial charge on any atom is -0.380 e. The summed E-state index contributed by atoms with van der Waals surface area (Å²) in [5.41, 5.74) is 7.88. The van der Waals surface area contributed by atoms with Gasteiger partial charge >= 0.3 is 0 Å². The third-order valence-corrected chi connectivity index (χ3v) is 3.89. The topological polar surface area (TPSA) is 52.0 Å². The van der Waals surface area contributed by atoms with E-state index >= 15 is 0 Å². The number of rotatable bonds is 2. The lowest BCUT2D eigenvalue weighted by atomic mass is 10.0. The molecule has 3 nitrogen and oxygen atoms in total. The molecule has 0 aliphatic carbocycles. The molecule has 0 aliphatic heterocycles. The van der Waals surface area contributed by atoms with E-state index in [1.807, 2.05) is 12.1 Å². The summed E-state index contributed by atoms with van der Waals surface area (Å²) in [4.78, 5) is 0. The smallest absolute Gasteiger partial charge is 0.179 e. The Morgan fingerprint density at radius 1 is 0.905 bits per heavy atom. The van der Waals surface area contributed by atoms with Gasteiger partial charge in [0.25, 0.3) is 0 Å². The van der Waals surface area contributed by atoms with Crippen LogP contribution in [0.25, 0.3) is 22.5 Å². The van der Waals surface area contributed by atoms with Gasteiger partial charge in [0.2, 0.25) is 0 Å². The number of anilines is 1. The summed E-state index contributed by atoms with van der Waals surface area (Å²) < 4.78 is 5.35. The van der Waals surface area contributed by atoms with Gasteiger partial charge in [0, 0.05) is 5.02 Å². The van der Waals surface area contributed by atoms with Crippen LogP contribution in [0.15, 0.2) is 47.0 Å². The van der Waals surface area contributed by atoms with Crippen LogP contribution in [0, 0.1) is 0 Å². The molecule has 0 radical (unpaired) electrons. The van der Waals surface area contributed by atoms with E-state index in [0.29, 0.717) is 32.0 Å². The van der Waals surface area contributed by atoms with Crippen LogP contribution < -0.4 is 5.73 Å². The third kappa shape index (κ3) is 2.60. The minimum atomic E-state index is 0.253. The Morgan fingerprint density at radius 3 is 2.24 bits per heavy atom. The quantitative estimate of drug-likeness (QED) is 0.666. The van der Waals surface area contributed by atoms with Gasteiger partial charge < -0.3 is 10.3 Å². The molecule has 0 saturated heterocycles. The second-order valence-corrected chi connectivity index (χ2v) is 5.63. The van der Waals surface area contributed by atoms with E-state index in [0.717, 1.165) is 5.56 Å². The highest BCUT2D eigenvalue weighted by Gasteiger charge is 2.22. The molecule has 0 saturated carbocycles. The van der Waals surface area contributed by atoms with Crippen molar-refractivity contribution in [2.45, 2.75) is 0 Å². The number of aromatic nitrogens is 1. The molecule has 0 spiro atoms. The molecule has 0 atom stereocenters. The van der Waals surface area contributed by atoms with Gasteiger partial charge in [-0.25, -0.2) is 0 Å². The lowest BCUT2D eigenvalue weighted by Crippen LogP contribution is -1.89. The monoisotopic (exact) mass is 338 g/mol. The molecule has 3 rings (SSSR count). The third-order valence-electron chi connectivity index (χ3n) is 3.02. The average molecular weight is 340 g/mol. The molecule has 6 heteroatoms. The Kier molecular flexibility index (Phi) is 3.81. The molecule has 106 valence electrons. The summed E-state index contributed by atoms with van der Waals surface area (Å²) in [6.07, 6.45) is 0. The lowest BCUT2D eigenvalue weighted by Gasteiger charge is -2.06. The summed E-state index contributed by atoms with van der Waals surface area (Å²) in [6, 6.07) is 12.4. The number of nitrogens with two attached hydrogens (primary N) is 1. The maximum Gasteiger partial charge on any atom is 0.179 e. The van der Waals surface area contributed by atoms with Gasteiger partial charge in [-0.15, -0.1) is 0 Å². The molecule has 0 unspecified atom stereocenters. The zero-order chi connectivity index (χ0) is 15.0. The highest BCUT2D eigenvalue weighted by molar-refractivity contribution is 6.39. The number of hydrogen-bond acceptors (Lipinski definition) is 3. The van der Waals surface area contributed by atoms with Crippen LogP contribution >= 0.6 is 34.8 Å². The van der Waals surface area contributed by atoms with Crippen LogP contribution in [0.3, 0.4) is 0 Å². The Balaban J connectivity index is 2.27. The van der Waals surface area contributed by atoms with Gasteiger partial charge in [0.05, 0.1) is 21.2 Å². The van der Waals surface area contributed by atoms with Crippen molar-refractivity contribution in [2.75, 3.05) is 5.73 Å². The summed E-state index contributed by atoms with van der Waals surface area (Å²) in [6.45, 7) is 0. The molecule has 0 bridgehead atoms. The summed E-state index contributed by atoms with van der Waals surface area (Å²) in [5, 5.41) is 5.33. The fourth-order valence-electron chi connectivity index (χ4n) is 2.11. The van der Waals surface area contributed by atoms with Crippen molar-refractivity contribution in [3.05, 3.63) is 57.5 Å². The van der Waals surface area contributed by atoms with Crippen molar-refractivity contribution in [1.29, 1.82) is 0 Å². The predicted octanol–water partition coefficient (Wildman–Crippen LogP) is 5.55. The molecule has 2 aromatic carbocycles. The second kappa shape index (κ2) is 5.60. The first-order chi connectivity index (χ1) is 10.1. The Morgan fingerprint density at radius 2 is 1.57 bits per heavy atom. The van der Waals surface area contributed by atoms with Gasteiger partial charge in [0.1, 0.15) is 0 Å². The number of benzene rings is 2. The largest absolute Gasteiger partial charge is 0.380 e. The van der Waals surface area contributed by atoms with E-state index in [1.165, 1.54) is 0 Å². The first-order valence-corrected chi connectivity index (χ1v) is 7.17. The molecule has 1 heterocycles. The van der Waals surface area contributed by atoms with E-state index in [1.54, 1.807) is 30.3 Å². The number of halogens is 3. The fourth-order valence-corrected chi connectivity index (χ4v) is 2.87. The van der Waals surface area contributed by atoms with Gasteiger partial charge in [-0.2, -0.15) is 0 Å². The predicted molar refractivity (Wildman–Crippen MR) is 86.8 cm³/mol. The highest BCUT2D eigenvalue weighted by atomic mass is 35.5. The summed E-state index contributed by atoms with van der Waals surface area (Å²) in [7, 11) is 0. The zero-order valence-corrected chi connectivity index (χ0v) is 12.9. The van der Waals surface area contributed by atoms with Crippen molar-refractivity contribution >= 4 is 40.6 Å². The molecule has 21 heavy (non-hydrogen) atoms. The maximum absolute atomic E-state index is 6.22. The number of nitrogens with zero attached hydrogens (tertiary/aromatic N) is 1. The van der Waals surface area contributed by atoms with Crippen molar-refractivity contribution < 1.29 is 4.52 Å². The number of hydrogen-bond donors (Lipinski definition) is 1. The molecular weight excluding hydrogens is 331 g/mol. The van der Waals surface area contributed by atoms with E-state index in [9.17, 15) is 0 Å². The first-order valence-electron chi connectivity index (χ1n) is 6.03. The standard InChI is InChI=1S/C15H9Cl3N2O/c16-9-4-1-3-8(7-9)12-14(21-20-15(12)19)13-10(17)5-2-6-11(13)18/h1-7H,(H2,19,20). The van der Waals surface area contributed by atoms with Crippen LogP contribution in [0.4, 0.5) is 5.82 Å². The van der Waals surface area contributed by atoms with Gasteiger partial charge in [-0.05, 0) is 29.8 Å². The SMILES string of the molecule is Nc1noc(-c2c(Cl)cccc2Cl)c1-c1cccc(Cl)c1. The summed E-state index contributed by atoms with van der Waals surface area (Å²) in [5.74, 6) is 0.675. The Labute approximate surface area is 136 Å². The van der Waals surface area contributed by atoms with Gasteiger partial charge in [-0.3, -0.25) is 0 Å². The summed E-state index contributed by atoms with van der Waals surface area (Å²) >= 11 is 18.5. The molecule has 3 aromatic rings. The molecule has 2 N–H and O–H groups in total. The average Bonchev–Trinajstić information content (AvgIpc) is 2.80. The zero-order valence-electron chi connectivity index (χ0n) is 10.6. The van der Waals surface area contributed by atoms with Crippen LogP contribution in [0.1, 0.15) is 0 Å². The van der Waals surface area contributed by atoms with Crippen molar-refractivity contribution in [3.8, 4) is 22.5 Å². The molecule has 0 aliphatic rings. The molecule has 1 aromatic heterocycles. The van der Waals surface area contributed by atoms with E-state index in [-0.39, 0.29) is 5.82 Å². The van der Waals surface area contributed by atoms with Crippen LogP contribution in [0.2, 0.25) is 15.1 Å². The lowest BCUT2D eigenvalue weighted by molar-refractivity contribution is 0.436. The molecular formula is C15H9Cl3N2O. The van der Waals surface area contributed by atoms with Crippen LogP contribution in [0.5, 0.6) is 0 Å². The van der Waals surface area contributed by atoms with Crippen molar-refractivity contribution in [3.63, 3.8) is 0 Å². The van der Waals surface area contributed by atoms with Crippen LogP contribution in [-0.4, -0.2) is 5.16 Å². The number of nitrogen functional groups attached to an aromatic ring is 1. The first kappa shape index (κ1) is 14.3. The van der Waals surface area contributed by atoms with Crippen molar-refractivity contribution in [2.24, 2.45) is 0 Å². The van der Waals surface area contributed by atoms with E-state index in [4.69, 9.17) is 45.1 Å². The second-order valence-electron chi connectivity index (χ2n) is 4.38. The van der Waals surface area contributed by atoms with Crippen LogP contribution in [-0.2, 0) is 0 Å². The Bertz CT molecular complexity index is 794. The van der Waals surface area contributed by atoms with Gasteiger partial charge in [-0.1, -0.05) is 58.2 Å². The Hall–Kier alpha value is -1.68. The van der Waals surface area contributed by atoms with E-state index < -0.39 is 0 Å². The minimum absolute atomic E-state index is 0.253. The maximum atomic E-state index is 6.22. The normalized spacial score (nSPS) is 10.8. The van der Waals surface area contributed by atoms with E-state index in [2.05, 4.69) is 5.16 Å².